The molecule has 1 aliphatic heterocycles. The van der Waals surface area contributed by atoms with Crippen LogP contribution < -0.4 is 15.0 Å². The SMILES string of the molecule is CCOc1cncnc1N1CCNCC1. The summed E-state index contributed by atoms with van der Waals surface area (Å²) in [6.07, 6.45) is 3.30. The van der Waals surface area contributed by atoms with E-state index in [0.717, 1.165) is 37.7 Å². The first-order valence-corrected chi connectivity index (χ1v) is 5.30. The van der Waals surface area contributed by atoms with Gasteiger partial charge in [-0.05, 0) is 6.92 Å². The second kappa shape index (κ2) is 4.93. The molecule has 0 aliphatic carbocycles. The fraction of sp³-hybridized carbons (Fsp3) is 0.600. The highest BCUT2D eigenvalue weighted by molar-refractivity contribution is 5.51. The molecule has 2 heterocycles. The molecular weight excluding hydrogens is 192 g/mol. The van der Waals surface area contributed by atoms with Gasteiger partial charge in [-0.2, -0.15) is 0 Å². The molecule has 0 spiro atoms. The van der Waals surface area contributed by atoms with Crippen molar-refractivity contribution in [2.75, 3.05) is 37.7 Å². The van der Waals surface area contributed by atoms with E-state index < -0.39 is 0 Å². The fourth-order valence-electron chi connectivity index (χ4n) is 1.68. The van der Waals surface area contributed by atoms with Gasteiger partial charge >= 0.3 is 0 Å². The summed E-state index contributed by atoms with van der Waals surface area (Å²) in [5.74, 6) is 1.69. The van der Waals surface area contributed by atoms with Gasteiger partial charge in [0.15, 0.2) is 11.6 Å². The first-order valence-electron chi connectivity index (χ1n) is 5.30. The Morgan fingerprint density at radius 1 is 1.47 bits per heavy atom. The van der Waals surface area contributed by atoms with Crippen LogP contribution in [0, 0.1) is 0 Å². The average molecular weight is 208 g/mol. The lowest BCUT2D eigenvalue weighted by Crippen LogP contribution is -2.44. The van der Waals surface area contributed by atoms with Crippen molar-refractivity contribution in [1.82, 2.24) is 15.3 Å². The largest absolute Gasteiger partial charge is 0.488 e. The van der Waals surface area contributed by atoms with E-state index in [9.17, 15) is 0 Å². The molecule has 0 atom stereocenters. The molecule has 5 nitrogen and oxygen atoms in total. The summed E-state index contributed by atoms with van der Waals surface area (Å²) in [6, 6.07) is 0. The Labute approximate surface area is 89.5 Å². The predicted molar refractivity (Wildman–Crippen MR) is 58.3 cm³/mol. The van der Waals surface area contributed by atoms with Gasteiger partial charge in [0.2, 0.25) is 0 Å². The van der Waals surface area contributed by atoms with Gasteiger partial charge in [-0.1, -0.05) is 0 Å². The van der Waals surface area contributed by atoms with Crippen molar-refractivity contribution in [3.63, 3.8) is 0 Å². The summed E-state index contributed by atoms with van der Waals surface area (Å²) >= 11 is 0. The molecule has 0 amide bonds. The molecule has 1 aromatic heterocycles. The highest BCUT2D eigenvalue weighted by atomic mass is 16.5. The van der Waals surface area contributed by atoms with E-state index in [1.165, 1.54) is 0 Å². The third-order valence-corrected chi connectivity index (χ3v) is 2.38. The maximum atomic E-state index is 5.50. The molecule has 1 aliphatic rings. The van der Waals surface area contributed by atoms with Gasteiger partial charge in [0, 0.05) is 26.2 Å². The zero-order valence-electron chi connectivity index (χ0n) is 8.94. The van der Waals surface area contributed by atoms with E-state index in [2.05, 4.69) is 20.2 Å². The van der Waals surface area contributed by atoms with Crippen LogP contribution >= 0.6 is 0 Å². The second-order valence-corrected chi connectivity index (χ2v) is 3.38. The third-order valence-electron chi connectivity index (χ3n) is 2.38. The predicted octanol–water partition coefficient (Wildman–Crippen LogP) is 0.285. The first-order chi connectivity index (χ1) is 7.42. The van der Waals surface area contributed by atoms with Crippen molar-refractivity contribution < 1.29 is 4.74 Å². The van der Waals surface area contributed by atoms with Crippen LogP contribution in [0.4, 0.5) is 5.82 Å². The molecule has 82 valence electrons. The quantitative estimate of drug-likeness (QED) is 0.773. The van der Waals surface area contributed by atoms with Crippen LogP contribution in [-0.2, 0) is 0 Å². The lowest BCUT2D eigenvalue weighted by atomic mass is 10.3. The van der Waals surface area contributed by atoms with Crippen molar-refractivity contribution in [1.29, 1.82) is 0 Å². The van der Waals surface area contributed by atoms with Crippen LogP contribution in [0.1, 0.15) is 6.92 Å². The first kappa shape index (κ1) is 10.2. The number of ether oxygens (including phenoxy) is 1. The van der Waals surface area contributed by atoms with Crippen molar-refractivity contribution in [3.8, 4) is 5.75 Å². The number of anilines is 1. The minimum absolute atomic E-state index is 0.645. The van der Waals surface area contributed by atoms with Crippen LogP contribution in [-0.4, -0.2) is 42.8 Å². The van der Waals surface area contributed by atoms with Gasteiger partial charge in [-0.3, -0.25) is 0 Å². The summed E-state index contributed by atoms with van der Waals surface area (Å²) in [5, 5.41) is 3.31. The molecule has 0 saturated carbocycles. The number of hydrogen-bond donors (Lipinski definition) is 1. The minimum atomic E-state index is 0.645. The third kappa shape index (κ3) is 2.36. The molecular formula is C10H16N4O. The minimum Gasteiger partial charge on any atom is -0.488 e. The van der Waals surface area contributed by atoms with E-state index in [1.54, 1.807) is 12.5 Å². The summed E-state index contributed by atoms with van der Waals surface area (Å²) in [7, 11) is 0. The Balaban J connectivity index is 2.17. The topological polar surface area (TPSA) is 50.3 Å². The highest BCUT2D eigenvalue weighted by Crippen LogP contribution is 2.24. The molecule has 0 radical (unpaired) electrons. The molecule has 15 heavy (non-hydrogen) atoms. The Morgan fingerprint density at radius 3 is 3.00 bits per heavy atom. The van der Waals surface area contributed by atoms with Gasteiger partial charge in [0.1, 0.15) is 6.33 Å². The maximum absolute atomic E-state index is 5.50. The number of aromatic nitrogens is 2. The standard InChI is InChI=1S/C10H16N4O/c1-2-15-9-7-12-8-13-10(9)14-5-3-11-4-6-14/h7-8,11H,2-6H2,1H3. The zero-order valence-corrected chi connectivity index (χ0v) is 8.94. The number of piperazine rings is 1. The van der Waals surface area contributed by atoms with Crippen molar-refractivity contribution in [3.05, 3.63) is 12.5 Å². The Morgan fingerprint density at radius 2 is 2.27 bits per heavy atom. The Bertz CT molecular complexity index is 312. The smallest absolute Gasteiger partial charge is 0.180 e. The lowest BCUT2D eigenvalue weighted by Gasteiger charge is -2.29. The molecule has 0 bridgehead atoms. The normalized spacial score (nSPS) is 16.5. The number of nitrogens with zero attached hydrogens (tertiary/aromatic N) is 3. The number of hydrogen-bond acceptors (Lipinski definition) is 5. The van der Waals surface area contributed by atoms with E-state index in [1.807, 2.05) is 6.92 Å². The number of rotatable bonds is 3. The van der Waals surface area contributed by atoms with Crippen LogP contribution in [0.15, 0.2) is 12.5 Å². The monoisotopic (exact) mass is 208 g/mol. The summed E-state index contributed by atoms with van der Waals surface area (Å²) in [4.78, 5) is 10.5. The van der Waals surface area contributed by atoms with E-state index >= 15 is 0 Å². The van der Waals surface area contributed by atoms with Crippen molar-refractivity contribution >= 4 is 5.82 Å². The van der Waals surface area contributed by atoms with Crippen molar-refractivity contribution in [2.24, 2.45) is 0 Å². The van der Waals surface area contributed by atoms with Gasteiger partial charge in [-0.15, -0.1) is 0 Å². The van der Waals surface area contributed by atoms with Gasteiger partial charge < -0.3 is 15.0 Å². The maximum Gasteiger partial charge on any atom is 0.180 e. The van der Waals surface area contributed by atoms with Crippen molar-refractivity contribution in [2.45, 2.75) is 6.92 Å². The van der Waals surface area contributed by atoms with Gasteiger partial charge in [-0.25, -0.2) is 9.97 Å². The van der Waals surface area contributed by atoms with E-state index in [4.69, 9.17) is 4.74 Å². The molecule has 5 heteroatoms. The number of nitrogens with one attached hydrogen (secondary N) is 1. The van der Waals surface area contributed by atoms with Crippen LogP contribution in [0.25, 0.3) is 0 Å². The lowest BCUT2D eigenvalue weighted by molar-refractivity contribution is 0.336. The summed E-state index contributed by atoms with van der Waals surface area (Å²) in [6.45, 7) is 6.54. The van der Waals surface area contributed by atoms with E-state index in [-0.39, 0.29) is 0 Å². The van der Waals surface area contributed by atoms with Gasteiger partial charge in [0.25, 0.3) is 0 Å². The highest BCUT2D eigenvalue weighted by Gasteiger charge is 2.15. The molecule has 0 aromatic carbocycles. The molecule has 1 N–H and O–H groups in total. The molecule has 1 aromatic rings. The average Bonchev–Trinajstić information content (AvgIpc) is 2.31. The Kier molecular flexibility index (Phi) is 3.34. The Hall–Kier alpha value is -1.36. The van der Waals surface area contributed by atoms with Gasteiger partial charge in [0.05, 0.1) is 12.8 Å². The summed E-state index contributed by atoms with van der Waals surface area (Å²) < 4.78 is 5.50. The van der Waals surface area contributed by atoms with Crippen LogP contribution in [0.5, 0.6) is 5.75 Å². The van der Waals surface area contributed by atoms with Crippen LogP contribution in [0.3, 0.4) is 0 Å². The molecule has 1 fully saturated rings. The second-order valence-electron chi connectivity index (χ2n) is 3.38. The van der Waals surface area contributed by atoms with Crippen LogP contribution in [0.2, 0.25) is 0 Å². The molecule has 0 unspecified atom stereocenters. The van der Waals surface area contributed by atoms with E-state index in [0.29, 0.717) is 6.61 Å². The fourth-order valence-corrected chi connectivity index (χ4v) is 1.68. The zero-order chi connectivity index (χ0) is 10.5. The molecule has 2 rings (SSSR count). The molecule has 1 saturated heterocycles. The summed E-state index contributed by atoms with van der Waals surface area (Å²) in [5.41, 5.74) is 0.